The van der Waals surface area contributed by atoms with Gasteiger partial charge in [0.15, 0.2) is 0 Å². The highest BCUT2D eigenvalue weighted by atomic mass is 16.5. The third kappa shape index (κ3) is 2.45. The Morgan fingerprint density at radius 3 is 2.76 bits per heavy atom. The van der Waals surface area contributed by atoms with E-state index >= 15 is 0 Å². The molecule has 5 heteroatoms. The van der Waals surface area contributed by atoms with E-state index in [0.717, 1.165) is 17.0 Å². The predicted molar refractivity (Wildman–Crippen MR) is 81.3 cm³/mol. The molecule has 2 heterocycles. The maximum Gasteiger partial charge on any atom is 0.259 e. The highest BCUT2D eigenvalue weighted by Crippen LogP contribution is 2.25. The lowest BCUT2D eigenvalue weighted by Gasteiger charge is -2.11. The molecule has 0 unspecified atom stereocenters. The first kappa shape index (κ1) is 13.2. The lowest BCUT2D eigenvalue weighted by atomic mass is 10.1. The average Bonchev–Trinajstić information content (AvgIpc) is 2.94. The normalized spacial score (nSPS) is 16.0. The molecule has 1 N–H and O–H groups in total. The van der Waals surface area contributed by atoms with E-state index in [-0.39, 0.29) is 5.91 Å². The lowest BCUT2D eigenvalue weighted by Crippen LogP contribution is -2.20. The number of aromatic nitrogens is 2. The van der Waals surface area contributed by atoms with Gasteiger partial charge in [0, 0.05) is 13.2 Å². The van der Waals surface area contributed by atoms with E-state index in [4.69, 9.17) is 4.74 Å². The minimum Gasteiger partial charge on any atom is -0.497 e. The molecular formula is C16H15N3O2. The standard InChI is InChI=1S/C16H15N3O2/c1-19-8-7-14-15(18-10-17-14)13(16(19)20)9-11-3-5-12(21-2)6-4-11/h3-10H,1-2H3,(H,17,18)/b13-9+. The molecule has 106 valence electrons. The van der Waals surface area contributed by atoms with Crippen molar-refractivity contribution in [1.82, 2.24) is 14.9 Å². The number of ether oxygens (including phenoxy) is 1. The van der Waals surface area contributed by atoms with E-state index < -0.39 is 0 Å². The fraction of sp³-hybridized carbons (Fsp3) is 0.125. The lowest BCUT2D eigenvalue weighted by molar-refractivity contribution is -0.121. The molecule has 0 atom stereocenters. The van der Waals surface area contributed by atoms with Crippen LogP contribution in [0.25, 0.3) is 17.7 Å². The maximum absolute atomic E-state index is 12.5. The van der Waals surface area contributed by atoms with Crippen molar-refractivity contribution >= 4 is 23.6 Å². The van der Waals surface area contributed by atoms with Crippen LogP contribution in [0.2, 0.25) is 0 Å². The summed E-state index contributed by atoms with van der Waals surface area (Å²) in [6.45, 7) is 0. The molecule has 1 aliphatic rings. The van der Waals surface area contributed by atoms with Crippen molar-refractivity contribution in [1.29, 1.82) is 0 Å². The van der Waals surface area contributed by atoms with Crippen molar-refractivity contribution in [3.8, 4) is 5.75 Å². The van der Waals surface area contributed by atoms with Gasteiger partial charge in [-0.15, -0.1) is 0 Å². The Hall–Kier alpha value is -2.82. The fourth-order valence-corrected chi connectivity index (χ4v) is 2.19. The number of hydrogen-bond acceptors (Lipinski definition) is 3. The van der Waals surface area contributed by atoms with Gasteiger partial charge in [-0.2, -0.15) is 0 Å². The fourth-order valence-electron chi connectivity index (χ4n) is 2.19. The molecule has 2 aromatic rings. The summed E-state index contributed by atoms with van der Waals surface area (Å²) >= 11 is 0. The largest absolute Gasteiger partial charge is 0.497 e. The SMILES string of the molecule is COc1ccc(/C=C2/C(=O)N(C)C=Cc3[nH]cnc32)cc1. The summed E-state index contributed by atoms with van der Waals surface area (Å²) in [7, 11) is 3.35. The number of H-pyrrole nitrogens is 1. The Bertz CT molecular complexity index is 726. The van der Waals surface area contributed by atoms with Crippen LogP contribution < -0.4 is 4.74 Å². The molecular weight excluding hydrogens is 266 g/mol. The Morgan fingerprint density at radius 2 is 2.05 bits per heavy atom. The number of rotatable bonds is 2. The number of imidazole rings is 1. The van der Waals surface area contributed by atoms with Crippen LogP contribution in [0, 0.1) is 0 Å². The van der Waals surface area contributed by atoms with Gasteiger partial charge in [-0.1, -0.05) is 12.1 Å². The van der Waals surface area contributed by atoms with Gasteiger partial charge in [-0.25, -0.2) is 4.98 Å². The average molecular weight is 281 g/mol. The van der Waals surface area contributed by atoms with E-state index in [1.807, 2.05) is 36.4 Å². The second-order valence-electron chi connectivity index (χ2n) is 4.73. The van der Waals surface area contributed by atoms with Gasteiger partial charge < -0.3 is 14.6 Å². The van der Waals surface area contributed by atoms with Gasteiger partial charge >= 0.3 is 0 Å². The van der Waals surface area contributed by atoms with Crippen molar-refractivity contribution < 1.29 is 9.53 Å². The van der Waals surface area contributed by atoms with E-state index in [9.17, 15) is 4.79 Å². The van der Waals surface area contributed by atoms with Gasteiger partial charge in [-0.05, 0) is 29.8 Å². The monoisotopic (exact) mass is 281 g/mol. The van der Waals surface area contributed by atoms with Crippen LogP contribution in [0.4, 0.5) is 0 Å². The summed E-state index contributed by atoms with van der Waals surface area (Å²) in [4.78, 5) is 21.3. The van der Waals surface area contributed by atoms with Crippen LogP contribution in [0.15, 0.2) is 36.8 Å². The number of hydrogen-bond donors (Lipinski definition) is 1. The minimum atomic E-state index is -0.0899. The van der Waals surface area contributed by atoms with Crippen LogP contribution in [0.1, 0.15) is 17.0 Å². The molecule has 0 aliphatic carbocycles. The van der Waals surface area contributed by atoms with Crippen molar-refractivity contribution in [2.45, 2.75) is 0 Å². The molecule has 0 radical (unpaired) electrons. The summed E-state index contributed by atoms with van der Waals surface area (Å²) < 4.78 is 5.14. The first-order valence-electron chi connectivity index (χ1n) is 6.54. The van der Waals surface area contributed by atoms with Crippen LogP contribution in [-0.2, 0) is 4.79 Å². The molecule has 1 aliphatic heterocycles. The summed E-state index contributed by atoms with van der Waals surface area (Å²) in [6, 6.07) is 7.54. The van der Waals surface area contributed by atoms with Crippen molar-refractivity contribution in [3.05, 3.63) is 53.7 Å². The van der Waals surface area contributed by atoms with Gasteiger partial charge in [0.1, 0.15) is 11.4 Å². The number of carbonyl (C=O) groups is 1. The van der Waals surface area contributed by atoms with Gasteiger partial charge in [0.25, 0.3) is 5.91 Å². The van der Waals surface area contributed by atoms with E-state index in [2.05, 4.69) is 9.97 Å². The number of amides is 1. The Kier molecular flexibility index (Phi) is 3.31. The van der Waals surface area contributed by atoms with Crippen LogP contribution in [-0.4, -0.2) is 34.9 Å². The van der Waals surface area contributed by atoms with E-state index in [1.165, 1.54) is 0 Å². The molecule has 21 heavy (non-hydrogen) atoms. The number of likely N-dealkylation sites (N-methyl/N-ethyl adjacent to an activating group) is 1. The third-order valence-electron chi connectivity index (χ3n) is 3.37. The number of aromatic amines is 1. The molecule has 3 rings (SSSR count). The molecule has 1 aromatic carbocycles. The molecule has 0 saturated heterocycles. The second kappa shape index (κ2) is 5.28. The number of fused-ring (bicyclic) bond motifs is 1. The minimum absolute atomic E-state index is 0.0899. The summed E-state index contributed by atoms with van der Waals surface area (Å²) in [5.41, 5.74) is 2.97. The zero-order valence-electron chi connectivity index (χ0n) is 11.8. The number of nitrogens with one attached hydrogen (secondary N) is 1. The number of methoxy groups -OCH3 is 1. The predicted octanol–water partition coefficient (Wildman–Crippen LogP) is 2.40. The highest BCUT2D eigenvalue weighted by Gasteiger charge is 2.22. The Labute approximate surface area is 122 Å². The molecule has 0 fully saturated rings. The topological polar surface area (TPSA) is 58.2 Å². The zero-order valence-corrected chi connectivity index (χ0v) is 11.8. The van der Waals surface area contributed by atoms with Gasteiger partial charge in [-0.3, -0.25) is 4.79 Å². The quantitative estimate of drug-likeness (QED) is 0.860. The Morgan fingerprint density at radius 1 is 1.29 bits per heavy atom. The van der Waals surface area contributed by atoms with Crippen molar-refractivity contribution in [2.75, 3.05) is 14.2 Å². The van der Waals surface area contributed by atoms with Crippen LogP contribution in [0.3, 0.4) is 0 Å². The molecule has 1 aromatic heterocycles. The summed E-state index contributed by atoms with van der Waals surface area (Å²) in [5, 5.41) is 0. The van der Waals surface area contributed by atoms with Crippen molar-refractivity contribution in [2.24, 2.45) is 0 Å². The first-order chi connectivity index (χ1) is 10.2. The van der Waals surface area contributed by atoms with Gasteiger partial charge in [0.2, 0.25) is 0 Å². The molecule has 0 bridgehead atoms. The van der Waals surface area contributed by atoms with Gasteiger partial charge in [0.05, 0.1) is 24.7 Å². The second-order valence-corrected chi connectivity index (χ2v) is 4.73. The number of carbonyl (C=O) groups excluding carboxylic acids is 1. The van der Waals surface area contributed by atoms with Crippen LogP contribution in [0.5, 0.6) is 5.75 Å². The molecule has 1 amide bonds. The number of benzene rings is 1. The maximum atomic E-state index is 12.5. The highest BCUT2D eigenvalue weighted by molar-refractivity contribution is 6.25. The van der Waals surface area contributed by atoms with E-state index in [0.29, 0.717) is 11.3 Å². The summed E-state index contributed by atoms with van der Waals surface area (Å²) in [5.74, 6) is 0.691. The zero-order chi connectivity index (χ0) is 14.8. The molecule has 5 nitrogen and oxygen atoms in total. The smallest absolute Gasteiger partial charge is 0.259 e. The van der Waals surface area contributed by atoms with Crippen LogP contribution >= 0.6 is 0 Å². The first-order valence-corrected chi connectivity index (χ1v) is 6.54. The van der Waals surface area contributed by atoms with Crippen molar-refractivity contribution in [3.63, 3.8) is 0 Å². The molecule has 0 saturated carbocycles. The van der Waals surface area contributed by atoms with E-state index in [1.54, 1.807) is 31.6 Å². The Balaban J connectivity index is 2.06. The summed E-state index contributed by atoms with van der Waals surface area (Å²) in [6.07, 6.45) is 7.00. The number of nitrogens with zero attached hydrogens (tertiary/aromatic N) is 2. The molecule has 0 spiro atoms. The third-order valence-corrected chi connectivity index (χ3v) is 3.37.